The number of aryl methyl sites for hydroxylation is 1. The zero-order chi connectivity index (χ0) is 10.8. The van der Waals surface area contributed by atoms with Crippen molar-refractivity contribution in [1.82, 2.24) is 9.55 Å². The lowest BCUT2D eigenvalue weighted by Crippen LogP contribution is -2.15. The first-order valence-electron chi connectivity index (χ1n) is 4.58. The summed E-state index contributed by atoms with van der Waals surface area (Å²) in [6.45, 7) is 0. The summed E-state index contributed by atoms with van der Waals surface area (Å²) in [5.41, 5.74) is 6.13. The third-order valence-corrected chi connectivity index (χ3v) is 3.28. The fraction of sp³-hybridized carbons (Fsp3) is 0.300. The van der Waals surface area contributed by atoms with Crippen molar-refractivity contribution in [3.05, 3.63) is 34.5 Å². The van der Waals surface area contributed by atoms with Gasteiger partial charge in [-0.25, -0.2) is 4.98 Å². The molecule has 80 valence electrons. The Balaban J connectivity index is 2.36. The lowest BCUT2D eigenvalue weighted by atomic mass is 10.2. The van der Waals surface area contributed by atoms with Gasteiger partial charge in [-0.3, -0.25) is 0 Å². The van der Waals surface area contributed by atoms with E-state index in [-0.39, 0.29) is 6.04 Å². The Labute approximate surface area is 92.3 Å². The molecule has 0 radical (unpaired) electrons. The lowest BCUT2D eigenvalue weighted by Gasteiger charge is -2.11. The number of hydrogen-bond donors (Lipinski definition) is 1. The number of thiophene rings is 1. The Kier molecular flexibility index (Phi) is 2.75. The molecule has 5 heteroatoms. The van der Waals surface area contributed by atoms with Crippen LogP contribution in [-0.2, 0) is 7.05 Å². The topological polar surface area (TPSA) is 53.1 Å². The van der Waals surface area contributed by atoms with Crippen LogP contribution >= 0.6 is 11.3 Å². The van der Waals surface area contributed by atoms with Crippen LogP contribution in [-0.4, -0.2) is 16.7 Å². The van der Waals surface area contributed by atoms with E-state index in [9.17, 15) is 0 Å². The third kappa shape index (κ3) is 1.75. The second-order valence-corrected chi connectivity index (χ2v) is 4.17. The Hall–Kier alpha value is -1.33. The van der Waals surface area contributed by atoms with Crippen LogP contribution in [0.4, 0.5) is 0 Å². The largest absolute Gasteiger partial charge is 0.496 e. The highest BCUT2D eigenvalue weighted by Crippen LogP contribution is 2.32. The molecule has 2 aromatic heterocycles. The van der Waals surface area contributed by atoms with Crippen LogP contribution in [0, 0.1) is 0 Å². The molecule has 4 nitrogen and oxygen atoms in total. The third-order valence-electron chi connectivity index (χ3n) is 2.30. The molecule has 0 fully saturated rings. The predicted octanol–water partition coefficient (Wildman–Crippen LogP) is 1.54. The van der Waals surface area contributed by atoms with Gasteiger partial charge in [0, 0.05) is 19.4 Å². The summed E-state index contributed by atoms with van der Waals surface area (Å²) in [5.74, 6) is 1.67. The molecular weight excluding hydrogens is 210 g/mol. The minimum Gasteiger partial charge on any atom is -0.496 e. The zero-order valence-electron chi connectivity index (χ0n) is 8.68. The number of imidazole rings is 1. The Morgan fingerprint density at radius 3 is 3.00 bits per heavy atom. The van der Waals surface area contributed by atoms with E-state index in [1.807, 2.05) is 29.3 Å². The highest BCUT2D eigenvalue weighted by atomic mass is 32.1. The highest BCUT2D eigenvalue weighted by Gasteiger charge is 2.18. The van der Waals surface area contributed by atoms with Crippen LogP contribution < -0.4 is 10.5 Å². The van der Waals surface area contributed by atoms with Gasteiger partial charge in [-0.1, -0.05) is 0 Å². The van der Waals surface area contributed by atoms with Crippen molar-refractivity contribution in [2.75, 3.05) is 7.11 Å². The van der Waals surface area contributed by atoms with Crippen LogP contribution in [0.5, 0.6) is 5.75 Å². The summed E-state index contributed by atoms with van der Waals surface area (Å²) in [5, 5.41) is 1.97. The minimum absolute atomic E-state index is 0.222. The second kappa shape index (κ2) is 4.04. The first-order chi connectivity index (χ1) is 7.24. The molecule has 0 aliphatic rings. The average Bonchev–Trinajstić information content (AvgIpc) is 2.84. The smallest absolute Gasteiger partial charge is 0.134 e. The maximum Gasteiger partial charge on any atom is 0.134 e. The molecule has 2 aromatic rings. The Bertz CT molecular complexity index is 449. The second-order valence-electron chi connectivity index (χ2n) is 3.23. The van der Waals surface area contributed by atoms with E-state index in [4.69, 9.17) is 10.5 Å². The van der Waals surface area contributed by atoms with Crippen molar-refractivity contribution >= 4 is 11.3 Å². The van der Waals surface area contributed by atoms with Gasteiger partial charge in [-0.15, -0.1) is 11.3 Å². The van der Waals surface area contributed by atoms with Gasteiger partial charge < -0.3 is 15.0 Å². The highest BCUT2D eigenvalue weighted by molar-refractivity contribution is 7.10. The fourth-order valence-corrected chi connectivity index (χ4v) is 2.36. The minimum atomic E-state index is -0.222. The molecule has 0 saturated carbocycles. The van der Waals surface area contributed by atoms with Crippen LogP contribution in [0.1, 0.15) is 16.7 Å². The normalized spacial score (nSPS) is 12.7. The quantitative estimate of drug-likeness (QED) is 0.858. The molecule has 0 bridgehead atoms. The summed E-state index contributed by atoms with van der Waals surface area (Å²) >= 11 is 1.59. The van der Waals surface area contributed by atoms with Crippen LogP contribution in [0.2, 0.25) is 0 Å². The Morgan fingerprint density at radius 1 is 1.60 bits per heavy atom. The molecule has 1 atom stereocenters. The first-order valence-corrected chi connectivity index (χ1v) is 5.46. The summed E-state index contributed by atoms with van der Waals surface area (Å²) in [6.07, 6.45) is 3.63. The number of hydrogen-bond acceptors (Lipinski definition) is 4. The molecule has 2 heterocycles. The number of ether oxygens (including phenoxy) is 1. The molecule has 0 aromatic carbocycles. The van der Waals surface area contributed by atoms with Crippen molar-refractivity contribution in [1.29, 1.82) is 0 Å². The number of rotatable bonds is 3. The van der Waals surface area contributed by atoms with Gasteiger partial charge in [0.15, 0.2) is 0 Å². The molecule has 2 rings (SSSR count). The molecule has 1 unspecified atom stereocenters. The molecule has 0 aliphatic heterocycles. The van der Waals surface area contributed by atoms with Crippen molar-refractivity contribution < 1.29 is 4.74 Å². The van der Waals surface area contributed by atoms with E-state index in [2.05, 4.69) is 4.98 Å². The van der Waals surface area contributed by atoms with E-state index in [0.717, 1.165) is 16.5 Å². The van der Waals surface area contributed by atoms with E-state index >= 15 is 0 Å². The van der Waals surface area contributed by atoms with Gasteiger partial charge in [-0.05, 0) is 11.4 Å². The molecule has 0 spiro atoms. The van der Waals surface area contributed by atoms with Crippen molar-refractivity contribution in [3.8, 4) is 5.75 Å². The SMILES string of the molecule is COc1ccsc1C(N)c1nccn1C. The van der Waals surface area contributed by atoms with E-state index in [0.29, 0.717) is 0 Å². The molecule has 2 N–H and O–H groups in total. The summed E-state index contributed by atoms with van der Waals surface area (Å²) in [7, 11) is 3.58. The Morgan fingerprint density at radius 2 is 2.40 bits per heavy atom. The molecule has 0 amide bonds. The first kappa shape index (κ1) is 10.2. The summed E-state index contributed by atoms with van der Waals surface area (Å²) < 4.78 is 7.16. The fourth-order valence-electron chi connectivity index (χ4n) is 1.50. The predicted molar refractivity (Wildman–Crippen MR) is 60.1 cm³/mol. The summed E-state index contributed by atoms with van der Waals surface area (Å²) in [4.78, 5) is 5.24. The summed E-state index contributed by atoms with van der Waals surface area (Å²) in [6, 6.07) is 1.70. The lowest BCUT2D eigenvalue weighted by molar-refractivity contribution is 0.410. The van der Waals surface area contributed by atoms with Gasteiger partial charge in [0.25, 0.3) is 0 Å². The van der Waals surface area contributed by atoms with Crippen molar-refractivity contribution in [2.45, 2.75) is 6.04 Å². The number of nitrogens with two attached hydrogens (primary N) is 1. The molecular formula is C10H13N3OS. The van der Waals surface area contributed by atoms with Gasteiger partial charge in [0.2, 0.25) is 0 Å². The molecule has 15 heavy (non-hydrogen) atoms. The standard InChI is InChI=1S/C10H13N3OS/c1-13-5-4-12-10(13)8(11)9-7(14-2)3-6-15-9/h3-6,8H,11H2,1-2H3. The van der Waals surface area contributed by atoms with Crippen molar-refractivity contribution in [3.63, 3.8) is 0 Å². The van der Waals surface area contributed by atoms with Gasteiger partial charge in [0.05, 0.1) is 12.0 Å². The number of aromatic nitrogens is 2. The van der Waals surface area contributed by atoms with Gasteiger partial charge in [-0.2, -0.15) is 0 Å². The van der Waals surface area contributed by atoms with E-state index in [1.54, 1.807) is 24.6 Å². The van der Waals surface area contributed by atoms with E-state index < -0.39 is 0 Å². The maximum atomic E-state index is 6.13. The number of methoxy groups -OCH3 is 1. The van der Waals surface area contributed by atoms with E-state index in [1.165, 1.54) is 0 Å². The monoisotopic (exact) mass is 223 g/mol. The molecule has 0 aliphatic carbocycles. The maximum absolute atomic E-state index is 6.13. The van der Waals surface area contributed by atoms with Gasteiger partial charge in [0.1, 0.15) is 17.6 Å². The van der Waals surface area contributed by atoms with Crippen molar-refractivity contribution in [2.24, 2.45) is 12.8 Å². The van der Waals surface area contributed by atoms with Gasteiger partial charge >= 0.3 is 0 Å². The van der Waals surface area contributed by atoms with Crippen LogP contribution in [0.15, 0.2) is 23.8 Å². The zero-order valence-corrected chi connectivity index (χ0v) is 9.49. The van der Waals surface area contributed by atoms with Crippen LogP contribution in [0.3, 0.4) is 0 Å². The average molecular weight is 223 g/mol. The number of nitrogens with zero attached hydrogens (tertiary/aromatic N) is 2. The molecule has 0 saturated heterocycles. The van der Waals surface area contributed by atoms with Crippen LogP contribution in [0.25, 0.3) is 0 Å².